The molecule has 0 saturated heterocycles. The molecule has 0 atom stereocenters. The highest BCUT2D eigenvalue weighted by Gasteiger charge is 2.07. The van der Waals surface area contributed by atoms with Crippen LogP contribution < -0.4 is 0 Å². The molecule has 294 valence electrons. The minimum absolute atomic E-state index is 0.644. The summed E-state index contributed by atoms with van der Waals surface area (Å²) in [6, 6.07) is 35.1. The Morgan fingerprint density at radius 3 is 0.981 bits per heavy atom. The first-order valence-electron chi connectivity index (χ1n) is 20.5. The third-order valence-corrected chi connectivity index (χ3v) is 9.80. The second-order valence-electron chi connectivity index (χ2n) is 17.1. The molecular formula is C54H78. The van der Waals surface area contributed by atoms with Crippen molar-refractivity contribution in [2.45, 2.75) is 161 Å². The van der Waals surface area contributed by atoms with E-state index in [0.717, 1.165) is 0 Å². The van der Waals surface area contributed by atoms with E-state index < -0.39 is 0 Å². The van der Waals surface area contributed by atoms with Crippen LogP contribution in [0.15, 0.2) is 97.1 Å². The fraction of sp³-hybridized carbons (Fsp3) is 0.444. The zero-order valence-corrected chi connectivity index (χ0v) is 38.1. The molecule has 0 spiro atoms. The molecule has 0 bridgehead atoms. The van der Waals surface area contributed by atoms with E-state index in [-0.39, 0.29) is 0 Å². The molecule has 0 unspecified atom stereocenters. The maximum atomic E-state index is 2.27. The highest BCUT2D eigenvalue weighted by atomic mass is 14.1. The maximum Gasteiger partial charge on any atom is -0.0214 e. The van der Waals surface area contributed by atoms with Gasteiger partial charge in [0.05, 0.1) is 0 Å². The normalized spacial score (nSPS) is 10.6. The predicted molar refractivity (Wildman–Crippen MR) is 245 cm³/mol. The monoisotopic (exact) mass is 727 g/mol. The Bertz CT molecular complexity index is 1740. The summed E-state index contributed by atoms with van der Waals surface area (Å²) in [7, 11) is 0. The first-order valence-corrected chi connectivity index (χ1v) is 20.5. The molecule has 0 radical (unpaired) electrons. The van der Waals surface area contributed by atoms with E-state index in [9.17, 15) is 0 Å². The van der Waals surface area contributed by atoms with Crippen molar-refractivity contribution in [3.05, 3.63) is 175 Å². The number of rotatable bonds is 5. The quantitative estimate of drug-likeness (QED) is 0.169. The van der Waals surface area contributed by atoms with Crippen molar-refractivity contribution in [3.63, 3.8) is 0 Å². The maximum absolute atomic E-state index is 2.27. The highest BCUT2D eigenvalue weighted by molar-refractivity contribution is 5.39. The summed E-state index contributed by atoms with van der Waals surface area (Å²) >= 11 is 0. The average Bonchev–Trinajstić information content (AvgIpc) is 3.05. The van der Waals surface area contributed by atoms with Gasteiger partial charge in [-0.25, -0.2) is 0 Å². The van der Waals surface area contributed by atoms with E-state index in [2.05, 4.69) is 229 Å². The Kier molecular flexibility index (Phi) is 21.2. The Hall–Kier alpha value is -3.90. The molecule has 0 aromatic heterocycles. The molecule has 0 aliphatic carbocycles. The Labute approximate surface area is 334 Å². The first kappa shape index (κ1) is 48.1. The number of benzene rings is 5. The average molecular weight is 727 g/mol. The van der Waals surface area contributed by atoms with Gasteiger partial charge in [-0.2, -0.15) is 0 Å². The second-order valence-corrected chi connectivity index (χ2v) is 17.1. The van der Waals surface area contributed by atoms with Gasteiger partial charge in [0, 0.05) is 0 Å². The van der Waals surface area contributed by atoms with Crippen LogP contribution >= 0.6 is 0 Å². The molecule has 0 heteroatoms. The Balaban J connectivity index is 0.000000338. The molecule has 5 aromatic rings. The van der Waals surface area contributed by atoms with Crippen LogP contribution in [0.5, 0.6) is 0 Å². The molecule has 0 saturated carbocycles. The molecule has 0 aliphatic heterocycles. The Morgan fingerprint density at radius 1 is 0.259 bits per heavy atom. The molecule has 5 rings (SSSR count). The third-order valence-electron chi connectivity index (χ3n) is 9.80. The van der Waals surface area contributed by atoms with Gasteiger partial charge in [0.15, 0.2) is 0 Å². The summed E-state index contributed by atoms with van der Waals surface area (Å²) in [5, 5.41) is 0. The third kappa shape index (κ3) is 17.5. The molecule has 0 amide bonds. The van der Waals surface area contributed by atoms with Gasteiger partial charge in [-0.3, -0.25) is 0 Å². The first-order chi connectivity index (χ1) is 25.1. The van der Waals surface area contributed by atoms with Gasteiger partial charge in [0.1, 0.15) is 0 Å². The fourth-order valence-corrected chi connectivity index (χ4v) is 7.16. The van der Waals surface area contributed by atoms with Crippen molar-refractivity contribution in [3.8, 4) is 0 Å². The Morgan fingerprint density at radius 2 is 0.630 bits per heavy atom. The van der Waals surface area contributed by atoms with Gasteiger partial charge in [0.2, 0.25) is 0 Å². The van der Waals surface area contributed by atoms with Crippen LogP contribution in [0.3, 0.4) is 0 Å². The molecule has 0 N–H and O–H groups in total. The molecule has 0 fully saturated rings. The zero-order chi connectivity index (χ0) is 41.3. The van der Waals surface area contributed by atoms with Crippen molar-refractivity contribution in [1.29, 1.82) is 0 Å². The van der Waals surface area contributed by atoms with E-state index in [0.29, 0.717) is 29.6 Å². The summed E-state index contributed by atoms with van der Waals surface area (Å²) in [5.41, 5.74) is 19.8. The second kappa shape index (κ2) is 23.8. The minimum Gasteiger partial charge on any atom is -0.0617 e. The van der Waals surface area contributed by atoms with Gasteiger partial charge in [0.25, 0.3) is 0 Å². The summed E-state index contributed by atoms with van der Waals surface area (Å²) in [4.78, 5) is 0. The zero-order valence-electron chi connectivity index (χ0n) is 38.1. The van der Waals surface area contributed by atoms with E-state index in [4.69, 9.17) is 0 Å². The van der Waals surface area contributed by atoms with Crippen molar-refractivity contribution in [2.24, 2.45) is 0 Å². The lowest BCUT2D eigenvalue weighted by Crippen LogP contribution is -1.96. The lowest BCUT2D eigenvalue weighted by Gasteiger charge is -2.14. The van der Waals surface area contributed by atoms with E-state index in [1.54, 1.807) is 0 Å². The topological polar surface area (TPSA) is 0 Å². The molecule has 0 nitrogen and oxygen atoms in total. The predicted octanol–water partition coefficient (Wildman–Crippen LogP) is 16.8. The summed E-state index contributed by atoms with van der Waals surface area (Å²) < 4.78 is 0. The van der Waals surface area contributed by atoms with Gasteiger partial charge in [-0.1, -0.05) is 194 Å². The molecule has 54 heavy (non-hydrogen) atoms. The largest absolute Gasteiger partial charge is 0.0617 e. The summed E-state index contributed by atoms with van der Waals surface area (Å²) in [5.74, 6) is 3.25. The molecular weight excluding hydrogens is 649 g/mol. The van der Waals surface area contributed by atoms with E-state index >= 15 is 0 Å². The van der Waals surface area contributed by atoms with Gasteiger partial charge in [-0.15, -0.1) is 0 Å². The fourth-order valence-electron chi connectivity index (χ4n) is 7.16. The molecule has 0 heterocycles. The van der Waals surface area contributed by atoms with E-state index in [1.807, 2.05) is 0 Å². The number of hydrogen-bond acceptors (Lipinski definition) is 0. The minimum atomic E-state index is 0.644. The van der Waals surface area contributed by atoms with Crippen LogP contribution in [0.4, 0.5) is 0 Å². The highest BCUT2D eigenvalue weighted by Crippen LogP contribution is 2.25. The lowest BCUT2D eigenvalue weighted by molar-refractivity contribution is 0.845. The number of aryl methyl sites for hydroxylation is 9. The van der Waals surface area contributed by atoms with Gasteiger partial charge >= 0.3 is 0 Å². The van der Waals surface area contributed by atoms with Crippen molar-refractivity contribution in [2.75, 3.05) is 0 Å². The number of hydrogen-bond donors (Lipinski definition) is 0. The summed E-state index contributed by atoms with van der Waals surface area (Å²) in [6.45, 7) is 41.8. The SMILES string of the molecule is Cc1cc(C)c(C(C)C)c(C)c1.Cc1cc(C)cc(C(C)C)c1.Cc1ccc(C(C)C)cc1.Cc1cccc(C(C)C)c1.Cc1cccc(C)c1C(C)C. The summed E-state index contributed by atoms with van der Waals surface area (Å²) in [6.07, 6.45) is 0. The molecule has 0 aliphatic rings. The molecule has 5 aromatic carbocycles. The standard InChI is InChI=1S/C12H18.2C11H16.2C10H14/c1-8(2)12-10(4)6-9(3)7-11(12)5;1-8(2)11-6-9(3)5-10(4)7-11;1-8(2)11-9(3)6-5-7-10(11)4;1-8(2)10-6-4-9(3)5-7-10;1-8(2)10-6-4-5-9(3)7-10/h6-8H,1-5H3;2*5-8H,1-4H3;2*4-8H,1-3H3. The van der Waals surface area contributed by atoms with Crippen molar-refractivity contribution < 1.29 is 0 Å². The van der Waals surface area contributed by atoms with E-state index in [1.165, 1.54) is 77.9 Å². The van der Waals surface area contributed by atoms with Gasteiger partial charge in [-0.05, 0) is 142 Å². The van der Waals surface area contributed by atoms with Crippen LogP contribution in [-0.4, -0.2) is 0 Å². The van der Waals surface area contributed by atoms with Crippen LogP contribution in [0, 0.1) is 62.3 Å². The van der Waals surface area contributed by atoms with Crippen molar-refractivity contribution >= 4 is 0 Å². The van der Waals surface area contributed by atoms with Gasteiger partial charge < -0.3 is 0 Å². The van der Waals surface area contributed by atoms with Crippen LogP contribution in [0.25, 0.3) is 0 Å². The van der Waals surface area contributed by atoms with Crippen molar-refractivity contribution in [1.82, 2.24) is 0 Å². The van der Waals surface area contributed by atoms with Crippen LogP contribution in [0.2, 0.25) is 0 Å². The van der Waals surface area contributed by atoms with Crippen LogP contribution in [-0.2, 0) is 0 Å². The van der Waals surface area contributed by atoms with Crippen LogP contribution in [0.1, 0.15) is 177 Å². The smallest absolute Gasteiger partial charge is 0.0214 e. The lowest BCUT2D eigenvalue weighted by atomic mass is 9.92.